The number of morpholine rings is 1. The maximum absolute atomic E-state index is 13.6. The zero-order valence-electron chi connectivity index (χ0n) is 21.7. The number of sulfonamides is 1. The van der Waals surface area contributed by atoms with Crippen molar-refractivity contribution in [2.45, 2.75) is 31.1 Å². The molecule has 2 aliphatic heterocycles. The normalized spacial score (nSPS) is 16.6. The van der Waals surface area contributed by atoms with Crippen molar-refractivity contribution in [1.82, 2.24) is 9.29 Å². The highest BCUT2D eigenvalue weighted by Crippen LogP contribution is 2.30. The Morgan fingerprint density at radius 3 is 2.36 bits per heavy atom. The van der Waals surface area contributed by atoms with Crippen LogP contribution in [0, 0.1) is 0 Å². The molecule has 0 aliphatic carbocycles. The highest BCUT2D eigenvalue weighted by molar-refractivity contribution is 7.89. The van der Waals surface area contributed by atoms with Crippen molar-refractivity contribution < 1.29 is 22.7 Å². The van der Waals surface area contributed by atoms with Crippen molar-refractivity contribution in [3.05, 3.63) is 53.4 Å². The van der Waals surface area contributed by atoms with Crippen LogP contribution in [0.3, 0.4) is 0 Å². The number of amides is 2. The minimum absolute atomic E-state index is 0.116. The van der Waals surface area contributed by atoms with Gasteiger partial charge in [0.15, 0.2) is 5.13 Å². The zero-order chi connectivity index (χ0) is 27.4. The number of piperidine rings is 1. The standard InChI is InChI=1S/C27H31N5O5S2/c1-19(33)28-21-7-5-20(6-8-21)24-18-38-27(29-24)30-26(34)23-17-22(39(35,36)32-11-3-2-4-12-32)9-10-25(23)31-13-15-37-16-14-31/h5-10,17-18H,2-4,11-16H2,1H3,(H,28,33)(H,29,30,34). The molecular formula is C27H31N5O5S2. The van der Waals surface area contributed by atoms with Gasteiger partial charge < -0.3 is 15.0 Å². The van der Waals surface area contributed by atoms with Gasteiger partial charge in [0, 0.05) is 55.4 Å². The van der Waals surface area contributed by atoms with Gasteiger partial charge in [0.1, 0.15) is 0 Å². The highest BCUT2D eigenvalue weighted by atomic mass is 32.2. The van der Waals surface area contributed by atoms with E-state index in [1.165, 1.54) is 28.6 Å². The largest absolute Gasteiger partial charge is 0.378 e. The Hall–Kier alpha value is -3.32. The first kappa shape index (κ1) is 27.3. The molecule has 0 radical (unpaired) electrons. The van der Waals surface area contributed by atoms with Crippen molar-refractivity contribution in [3.63, 3.8) is 0 Å². The molecule has 2 aliphatic rings. The second-order valence-corrected chi connectivity index (χ2v) is 12.3. The predicted molar refractivity (Wildman–Crippen MR) is 152 cm³/mol. The summed E-state index contributed by atoms with van der Waals surface area (Å²) in [6.45, 7) is 4.71. The Kier molecular flexibility index (Phi) is 8.26. The molecule has 12 heteroatoms. The van der Waals surface area contributed by atoms with Gasteiger partial charge in [-0.1, -0.05) is 18.6 Å². The number of carbonyl (C=O) groups excluding carboxylic acids is 2. The fourth-order valence-corrected chi connectivity index (χ4v) is 7.01. The molecule has 0 unspecified atom stereocenters. The maximum Gasteiger partial charge on any atom is 0.259 e. The van der Waals surface area contributed by atoms with Crippen LogP contribution >= 0.6 is 11.3 Å². The fraction of sp³-hybridized carbons (Fsp3) is 0.370. The first-order chi connectivity index (χ1) is 18.8. The first-order valence-corrected chi connectivity index (χ1v) is 15.2. The highest BCUT2D eigenvalue weighted by Gasteiger charge is 2.29. The average molecular weight is 570 g/mol. The lowest BCUT2D eigenvalue weighted by Gasteiger charge is -2.31. The van der Waals surface area contributed by atoms with Gasteiger partial charge in [-0.2, -0.15) is 4.31 Å². The summed E-state index contributed by atoms with van der Waals surface area (Å²) in [5, 5.41) is 7.84. The fourth-order valence-electron chi connectivity index (χ4n) is 4.75. The smallest absolute Gasteiger partial charge is 0.259 e. The second kappa shape index (κ2) is 11.8. The maximum atomic E-state index is 13.6. The number of anilines is 3. The molecule has 1 aromatic heterocycles. The van der Waals surface area contributed by atoms with Crippen molar-refractivity contribution >= 4 is 49.7 Å². The minimum atomic E-state index is -3.71. The van der Waals surface area contributed by atoms with Crippen LogP contribution in [-0.2, 0) is 19.6 Å². The van der Waals surface area contributed by atoms with E-state index in [2.05, 4.69) is 15.6 Å². The molecule has 0 bridgehead atoms. The third kappa shape index (κ3) is 6.30. The Morgan fingerprint density at radius 2 is 1.67 bits per heavy atom. The number of nitrogens with one attached hydrogen (secondary N) is 2. The summed E-state index contributed by atoms with van der Waals surface area (Å²) in [5.41, 5.74) is 3.15. The van der Waals surface area contributed by atoms with E-state index in [4.69, 9.17) is 4.74 Å². The Morgan fingerprint density at radius 1 is 0.949 bits per heavy atom. The molecule has 5 rings (SSSR count). The number of benzene rings is 2. The topological polar surface area (TPSA) is 121 Å². The van der Waals surface area contributed by atoms with Crippen LogP contribution < -0.4 is 15.5 Å². The van der Waals surface area contributed by atoms with Gasteiger partial charge >= 0.3 is 0 Å². The molecule has 2 saturated heterocycles. The zero-order valence-corrected chi connectivity index (χ0v) is 23.3. The van der Waals surface area contributed by atoms with E-state index in [0.29, 0.717) is 61.6 Å². The lowest BCUT2D eigenvalue weighted by Crippen LogP contribution is -2.38. The predicted octanol–water partition coefficient (Wildman–Crippen LogP) is 4.03. The molecule has 0 spiro atoms. The van der Waals surface area contributed by atoms with Gasteiger partial charge in [-0.3, -0.25) is 14.9 Å². The molecule has 39 heavy (non-hydrogen) atoms. The van der Waals surface area contributed by atoms with Crippen molar-refractivity contribution in [2.75, 3.05) is 54.9 Å². The van der Waals surface area contributed by atoms with Crippen molar-refractivity contribution in [2.24, 2.45) is 0 Å². The molecule has 3 aromatic rings. The van der Waals surface area contributed by atoms with Crippen LogP contribution in [0.5, 0.6) is 0 Å². The SMILES string of the molecule is CC(=O)Nc1ccc(-c2csc(NC(=O)c3cc(S(=O)(=O)N4CCCCC4)ccc3N3CCOCC3)n2)cc1. The Balaban J connectivity index is 1.40. The average Bonchev–Trinajstić information content (AvgIpc) is 3.42. The molecule has 206 valence electrons. The third-order valence-electron chi connectivity index (χ3n) is 6.74. The number of ether oxygens (including phenoxy) is 1. The minimum Gasteiger partial charge on any atom is -0.378 e. The molecule has 2 fully saturated rings. The summed E-state index contributed by atoms with van der Waals surface area (Å²) in [6, 6.07) is 12.1. The quantitative estimate of drug-likeness (QED) is 0.441. The molecule has 2 N–H and O–H groups in total. The number of hydrogen-bond acceptors (Lipinski definition) is 8. The number of hydrogen-bond donors (Lipinski definition) is 2. The summed E-state index contributed by atoms with van der Waals surface area (Å²) in [7, 11) is -3.71. The van der Waals surface area contributed by atoms with E-state index in [-0.39, 0.29) is 16.4 Å². The van der Waals surface area contributed by atoms with Crippen LogP contribution in [-0.4, -0.2) is 68.9 Å². The van der Waals surface area contributed by atoms with Crippen LogP contribution in [0.2, 0.25) is 0 Å². The molecule has 2 amide bonds. The Bertz CT molecular complexity index is 1440. The van der Waals surface area contributed by atoms with Crippen LogP contribution in [0.25, 0.3) is 11.3 Å². The van der Waals surface area contributed by atoms with Gasteiger partial charge in [-0.15, -0.1) is 11.3 Å². The van der Waals surface area contributed by atoms with Crippen molar-refractivity contribution in [3.8, 4) is 11.3 Å². The van der Waals surface area contributed by atoms with E-state index >= 15 is 0 Å². The first-order valence-electron chi connectivity index (χ1n) is 12.9. The van der Waals surface area contributed by atoms with E-state index in [9.17, 15) is 18.0 Å². The number of rotatable bonds is 7. The number of thiazole rings is 1. The monoisotopic (exact) mass is 569 g/mol. The lowest BCUT2D eigenvalue weighted by molar-refractivity contribution is -0.114. The van der Waals surface area contributed by atoms with E-state index in [1.807, 2.05) is 22.4 Å². The summed E-state index contributed by atoms with van der Waals surface area (Å²) in [5.74, 6) is -0.570. The van der Waals surface area contributed by atoms with Gasteiger partial charge in [-0.25, -0.2) is 13.4 Å². The molecule has 2 aromatic carbocycles. The summed E-state index contributed by atoms with van der Waals surface area (Å²) < 4.78 is 33.7. The van der Waals surface area contributed by atoms with Gasteiger partial charge in [0.05, 0.1) is 29.4 Å². The van der Waals surface area contributed by atoms with E-state index in [0.717, 1.165) is 24.8 Å². The van der Waals surface area contributed by atoms with E-state index < -0.39 is 15.9 Å². The van der Waals surface area contributed by atoms with Gasteiger partial charge in [0.2, 0.25) is 15.9 Å². The number of nitrogens with zero attached hydrogens (tertiary/aromatic N) is 3. The molecule has 10 nitrogen and oxygen atoms in total. The number of aromatic nitrogens is 1. The van der Waals surface area contributed by atoms with Crippen LogP contribution in [0.15, 0.2) is 52.7 Å². The number of carbonyl (C=O) groups is 2. The second-order valence-electron chi connectivity index (χ2n) is 9.49. The van der Waals surface area contributed by atoms with E-state index in [1.54, 1.807) is 24.3 Å². The third-order valence-corrected chi connectivity index (χ3v) is 9.40. The van der Waals surface area contributed by atoms with Crippen molar-refractivity contribution in [1.29, 1.82) is 0 Å². The summed E-state index contributed by atoms with van der Waals surface area (Å²) in [4.78, 5) is 31.6. The molecule has 0 atom stereocenters. The van der Waals surface area contributed by atoms with Crippen LogP contribution in [0.1, 0.15) is 36.5 Å². The molecular weight excluding hydrogens is 538 g/mol. The molecule has 3 heterocycles. The summed E-state index contributed by atoms with van der Waals surface area (Å²) in [6.07, 6.45) is 2.69. The van der Waals surface area contributed by atoms with Gasteiger partial charge in [-0.05, 0) is 43.2 Å². The van der Waals surface area contributed by atoms with Crippen LogP contribution in [0.4, 0.5) is 16.5 Å². The Labute approximate surface area is 232 Å². The molecule has 0 saturated carbocycles. The van der Waals surface area contributed by atoms with Gasteiger partial charge in [0.25, 0.3) is 5.91 Å². The summed E-state index contributed by atoms with van der Waals surface area (Å²) >= 11 is 1.28. The lowest BCUT2D eigenvalue weighted by atomic mass is 10.1.